The van der Waals surface area contributed by atoms with Crippen LogP contribution in [0.15, 0.2) is 17.0 Å². The highest BCUT2D eigenvalue weighted by Crippen LogP contribution is 2.24. The third-order valence-corrected chi connectivity index (χ3v) is 5.71. The van der Waals surface area contributed by atoms with Crippen molar-refractivity contribution in [1.82, 2.24) is 5.32 Å². The van der Waals surface area contributed by atoms with Crippen molar-refractivity contribution in [2.24, 2.45) is 5.14 Å². The van der Waals surface area contributed by atoms with Gasteiger partial charge in [0.1, 0.15) is 0 Å². The summed E-state index contributed by atoms with van der Waals surface area (Å²) in [6.07, 6.45) is 1.54. The first-order chi connectivity index (χ1) is 9.54. The molecule has 1 rings (SSSR count). The second kappa shape index (κ2) is 6.87. The van der Waals surface area contributed by atoms with Gasteiger partial charge in [0.05, 0.1) is 4.90 Å². The fourth-order valence-electron chi connectivity index (χ4n) is 1.54. The van der Waals surface area contributed by atoms with Crippen LogP contribution in [-0.2, 0) is 20.8 Å². The van der Waals surface area contributed by atoms with Gasteiger partial charge < -0.3 is 5.32 Å². The third-order valence-electron chi connectivity index (χ3n) is 2.98. The minimum absolute atomic E-state index is 0.0868. The Kier molecular flexibility index (Phi) is 5.92. The molecule has 0 spiro atoms. The zero-order valence-electron chi connectivity index (χ0n) is 11.8. The summed E-state index contributed by atoms with van der Waals surface area (Å²) in [5.74, 6) is -0.501. The SMILES string of the molecule is Cc1c(Cl)cc(C(=O)NCC(C)S(C)=O)cc1S(N)(=O)=O. The minimum atomic E-state index is -3.97. The molecule has 9 heteroatoms. The van der Waals surface area contributed by atoms with Crippen LogP contribution in [0, 0.1) is 6.92 Å². The van der Waals surface area contributed by atoms with Crippen LogP contribution >= 0.6 is 11.6 Å². The normalized spacial score (nSPS) is 14.5. The molecule has 2 atom stereocenters. The maximum atomic E-state index is 12.0. The molecule has 3 N–H and O–H groups in total. The molecule has 1 aromatic rings. The summed E-state index contributed by atoms with van der Waals surface area (Å²) in [5, 5.41) is 7.60. The van der Waals surface area contributed by atoms with Gasteiger partial charge in [0, 0.05) is 39.4 Å². The fraction of sp³-hybridized carbons (Fsp3) is 0.417. The number of halogens is 1. The number of sulfonamides is 1. The summed E-state index contributed by atoms with van der Waals surface area (Å²) in [6, 6.07) is 2.55. The van der Waals surface area contributed by atoms with Crippen LogP contribution in [0.2, 0.25) is 5.02 Å². The molecule has 0 heterocycles. The average molecular weight is 353 g/mol. The van der Waals surface area contributed by atoms with Gasteiger partial charge in [0.25, 0.3) is 5.91 Å². The Morgan fingerprint density at radius 3 is 2.52 bits per heavy atom. The number of nitrogens with two attached hydrogens (primary N) is 1. The van der Waals surface area contributed by atoms with E-state index >= 15 is 0 Å². The van der Waals surface area contributed by atoms with E-state index in [1.54, 1.807) is 13.2 Å². The van der Waals surface area contributed by atoms with Crippen LogP contribution in [0.25, 0.3) is 0 Å². The second-order valence-electron chi connectivity index (χ2n) is 4.65. The molecule has 21 heavy (non-hydrogen) atoms. The lowest BCUT2D eigenvalue weighted by Gasteiger charge is -2.12. The second-order valence-corrected chi connectivity index (χ2v) is 8.38. The largest absolute Gasteiger partial charge is 0.351 e. The van der Waals surface area contributed by atoms with Crippen molar-refractivity contribution in [2.75, 3.05) is 12.8 Å². The summed E-state index contributed by atoms with van der Waals surface area (Å²) in [7, 11) is -5.04. The molecule has 0 radical (unpaired) electrons. The first kappa shape index (κ1) is 18.1. The lowest BCUT2D eigenvalue weighted by atomic mass is 10.1. The van der Waals surface area contributed by atoms with Gasteiger partial charge in [-0.3, -0.25) is 9.00 Å². The zero-order valence-corrected chi connectivity index (χ0v) is 14.2. The molecular weight excluding hydrogens is 336 g/mol. The highest BCUT2D eigenvalue weighted by Gasteiger charge is 2.18. The van der Waals surface area contributed by atoms with Crippen molar-refractivity contribution < 1.29 is 17.4 Å². The summed E-state index contributed by atoms with van der Waals surface area (Å²) < 4.78 is 34.2. The fourth-order valence-corrected chi connectivity index (χ4v) is 2.96. The summed E-state index contributed by atoms with van der Waals surface area (Å²) >= 11 is 5.93. The van der Waals surface area contributed by atoms with Crippen molar-refractivity contribution in [3.63, 3.8) is 0 Å². The van der Waals surface area contributed by atoms with E-state index in [0.29, 0.717) is 5.56 Å². The van der Waals surface area contributed by atoms with Crippen molar-refractivity contribution in [2.45, 2.75) is 24.0 Å². The number of rotatable bonds is 5. The van der Waals surface area contributed by atoms with Gasteiger partial charge in [0.2, 0.25) is 10.0 Å². The number of carbonyl (C=O) groups is 1. The van der Waals surface area contributed by atoms with E-state index in [4.69, 9.17) is 16.7 Å². The molecular formula is C12H17ClN2O4S2. The molecule has 2 unspecified atom stereocenters. The molecule has 0 aliphatic heterocycles. The Morgan fingerprint density at radius 1 is 1.48 bits per heavy atom. The van der Waals surface area contributed by atoms with Gasteiger partial charge >= 0.3 is 0 Å². The number of primary sulfonamides is 1. The standard InChI is InChI=1S/C12H17ClN2O4S2/c1-7(20(3)17)6-15-12(16)9-4-10(13)8(2)11(5-9)21(14,18)19/h4-5,7H,6H2,1-3H3,(H,15,16)(H2,14,18,19). The Labute approximate surface area is 131 Å². The van der Waals surface area contributed by atoms with Crippen molar-refractivity contribution in [3.8, 4) is 0 Å². The van der Waals surface area contributed by atoms with Gasteiger partial charge in [-0.25, -0.2) is 13.6 Å². The lowest BCUT2D eigenvalue weighted by Crippen LogP contribution is -2.32. The molecule has 0 fully saturated rings. The van der Waals surface area contributed by atoms with E-state index in [1.165, 1.54) is 19.1 Å². The number of benzene rings is 1. The Morgan fingerprint density at radius 2 is 2.05 bits per heavy atom. The van der Waals surface area contributed by atoms with Crippen LogP contribution in [0.3, 0.4) is 0 Å². The molecule has 0 aliphatic rings. The van der Waals surface area contributed by atoms with Crippen molar-refractivity contribution in [3.05, 3.63) is 28.3 Å². The summed E-state index contributed by atoms with van der Waals surface area (Å²) in [6.45, 7) is 3.44. The van der Waals surface area contributed by atoms with Crippen molar-refractivity contribution in [1.29, 1.82) is 0 Å². The number of hydrogen-bond donors (Lipinski definition) is 2. The van der Waals surface area contributed by atoms with Gasteiger partial charge in [-0.05, 0) is 31.5 Å². The quantitative estimate of drug-likeness (QED) is 0.817. The van der Waals surface area contributed by atoms with E-state index in [2.05, 4.69) is 5.32 Å². The number of carbonyl (C=O) groups excluding carboxylic acids is 1. The maximum absolute atomic E-state index is 12.0. The minimum Gasteiger partial charge on any atom is -0.351 e. The summed E-state index contributed by atoms with van der Waals surface area (Å²) in [5.41, 5.74) is 0.377. The molecule has 6 nitrogen and oxygen atoms in total. The maximum Gasteiger partial charge on any atom is 0.251 e. The number of amides is 1. The molecule has 118 valence electrons. The molecule has 0 aliphatic carbocycles. The van der Waals surface area contributed by atoms with Gasteiger partial charge in [-0.1, -0.05) is 11.6 Å². The molecule has 0 saturated heterocycles. The summed E-state index contributed by atoms with van der Waals surface area (Å²) in [4.78, 5) is 11.8. The van der Waals surface area contributed by atoms with Gasteiger partial charge in [-0.15, -0.1) is 0 Å². The van der Waals surface area contributed by atoms with Gasteiger partial charge in [-0.2, -0.15) is 0 Å². The van der Waals surface area contributed by atoms with Crippen LogP contribution in [0.5, 0.6) is 0 Å². The Bertz CT molecular complexity index is 689. The third kappa shape index (κ3) is 4.77. The van der Waals surface area contributed by atoms with E-state index in [-0.39, 0.29) is 27.3 Å². The number of hydrogen-bond acceptors (Lipinski definition) is 4. The first-order valence-corrected chi connectivity index (χ1v) is 9.52. The molecule has 1 aromatic carbocycles. The Balaban J connectivity index is 3.07. The first-order valence-electron chi connectivity index (χ1n) is 5.97. The van der Waals surface area contributed by atoms with E-state index in [9.17, 15) is 17.4 Å². The highest BCUT2D eigenvalue weighted by atomic mass is 35.5. The smallest absolute Gasteiger partial charge is 0.251 e. The number of nitrogens with one attached hydrogen (secondary N) is 1. The van der Waals surface area contributed by atoms with E-state index < -0.39 is 26.7 Å². The van der Waals surface area contributed by atoms with Crippen LogP contribution in [-0.4, -0.2) is 36.6 Å². The lowest BCUT2D eigenvalue weighted by molar-refractivity contribution is 0.0954. The van der Waals surface area contributed by atoms with Crippen LogP contribution in [0.1, 0.15) is 22.8 Å². The predicted molar refractivity (Wildman–Crippen MR) is 83.4 cm³/mol. The van der Waals surface area contributed by atoms with Crippen LogP contribution in [0.4, 0.5) is 0 Å². The predicted octanol–water partition coefficient (Wildman–Crippen LogP) is 0.793. The topological polar surface area (TPSA) is 106 Å². The molecule has 1 amide bonds. The van der Waals surface area contributed by atoms with E-state index in [0.717, 1.165) is 0 Å². The van der Waals surface area contributed by atoms with Crippen molar-refractivity contribution >= 4 is 38.3 Å². The molecule has 0 saturated carbocycles. The Hall–Kier alpha value is -0.960. The van der Waals surface area contributed by atoms with Crippen LogP contribution < -0.4 is 10.5 Å². The van der Waals surface area contributed by atoms with E-state index in [1.807, 2.05) is 0 Å². The molecule has 0 aromatic heterocycles. The van der Waals surface area contributed by atoms with Gasteiger partial charge in [0.15, 0.2) is 0 Å². The molecule has 0 bridgehead atoms. The zero-order chi connectivity index (χ0) is 16.4. The highest BCUT2D eigenvalue weighted by molar-refractivity contribution is 7.89. The monoisotopic (exact) mass is 352 g/mol. The average Bonchev–Trinajstić information content (AvgIpc) is 2.36.